The fourth-order valence-corrected chi connectivity index (χ4v) is 2.81. The number of carbonyl (C=O) groups excluding carboxylic acids is 1. The minimum absolute atomic E-state index is 0. The molecule has 1 fully saturated rings. The molecule has 1 atom stereocenters. The zero-order chi connectivity index (χ0) is 17.1. The molecule has 2 aromatic rings. The number of amides is 1. The molecule has 0 aliphatic carbocycles. The Morgan fingerprint density at radius 3 is 2.85 bits per heavy atom. The van der Waals surface area contributed by atoms with Crippen molar-refractivity contribution in [2.45, 2.75) is 25.8 Å². The molecular formula is C17H21Cl2F2N3O2. The van der Waals surface area contributed by atoms with Gasteiger partial charge in [0, 0.05) is 44.6 Å². The molecule has 1 unspecified atom stereocenters. The average molecular weight is 408 g/mol. The van der Waals surface area contributed by atoms with E-state index in [0.29, 0.717) is 18.9 Å². The van der Waals surface area contributed by atoms with Gasteiger partial charge in [-0.1, -0.05) is 0 Å². The highest BCUT2D eigenvalue weighted by Gasteiger charge is 2.23. The van der Waals surface area contributed by atoms with Crippen molar-refractivity contribution in [1.29, 1.82) is 0 Å². The standard InChI is InChI=1S/C17H19F2N3O2.2ClH/c1-11-9-20-6-7-22(11)17(23)5-4-16-21-10-15(24-16)13-3-2-12(18)8-14(13)19;;/h2-3,8,10-11,20H,4-7,9H2,1H3;2*1H. The molecule has 0 radical (unpaired) electrons. The van der Waals surface area contributed by atoms with Crippen LogP contribution in [-0.2, 0) is 11.2 Å². The Morgan fingerprint density at radius 2 is 2.15 bits per heavy atom. The van der Waals surface area contributed by atoms with Gasteiger partial charge in [-0.2, -0.15) is 0 Å². The number of hydrogen-bond acceptors (Lipinski definition) is 4. The zero-order valence-electron chi connectivity index (χ0n) is 14.2. The lowest BCUT2D eigenvalue weighted by Crippen LogP contribution is -2.52. The normalized spacial score (nSPS) is 16.6. The van der Waals surface area contributed by atoms with Crippen LogP contribution in [-0.4, -0.2) is 41.5 Å². The second-order valence-corrected chi connectivity index (χ2v) is 5.88. The molecule has 1 amide bonds. The Bertz CT molecular complexity index is 743. The number of oxazole rings is 1. The van der Waals surface area contributed by atoms with E-state index in [1.54, 1.807) is 0 Å². The van der Waals surface area contributed by atoms with Gasteiger partial charge in [-0.05, 0) is 19.1 Å². The van der Waals surface area contributed by atoms with E-state index in [1.807, 2.05) is 11.8 Å². The first-order valence-electron chi connectivity index (χ1n) is 7.95. The van der Waals surface area contributed by atoms with Crippen LogP contribution >= 0.6 is 24.8 Å². The van der Waals surface area contributed by atoms with Gasteiger partial charge in [-0.3, -0.25) is 4.79 Å². The highest BCUT2D eigenvalue weighted by Crippen LogP contribution is 2.24. The highest BCUT2D eigenvalue weighted by molar-refractivity contribution is 5.85. The summed E-state index contributed by atoms with van der Waals surface area (Å²) < 4.78 is 32.2. The third-order valence-corrected chi connectivity index (χ3v) is 4.12. The van der Waals surface area contributed by atoms with Crippen LogP contribution < -0.4 is 5.32 Å². The lowest BCUT2D eigenvalue weighted by molar-refractivity contribution is -0.134. The van der Waals surface area contributed by atoms with Crippen molar-refractivity contribution in [2.24, 2.45) is 0 Å². The molecule has 1 aliphatic rings. The second kappa shape index (κ2) is 9.85. The van der Waals surface area contributed by atoms with Crippen LogP contribution in [0.3, 0.4) is 0 Å². The number of benzene rings is 1. The third-order valence-electron chi connectivity index (χ3n) is 4.12. The van der Waals surface area contributed by atoms with Crippen LogP contribution in [0.25, 0.3) is 11.3 Å². The molecule has 2 heterocycles. The molecule has 1 aromatic carbocycles. The molecule has 0 bridgehead atoms. The topological polar surface area (TPSA) is 58.4 Å². The fourth-order valence-electron chi connectivity index (χ4n) is 2.81. The Labute approximate surface area is 163 Å². The molecule has 144 valence electrons. The summed E-state index contributed by atoms with van der Waals surface area (Å²) in [5.41, 5.74) is 0.150. The van der Waals surface area contributed by atoms with Gasteiger partial charge in [-0.25, -0.2) is 13.8 Å². The first-order chi connectivity index (χ1) is 11.5. The average Bonchev–Trinajstić information content (AvgIpc) is 3.01. The number of carbonyl (C=O) groups is 1. The first-order valence-corrected chi connectivity index (χ1v) is 7.95. The number of hydrogen-bond donors (Lipinski definition) is 1. The van der Waals surface area contributed by atoms with Gasteiger partial charge in [0.15, 0.2) is 11.7 Å². The van der Waals surface area contributed by atoms with Crippen LogP contribution in [0.5, 0.6) is 0 Å². The molecule has 26 heavy (non-hydrogen) atoms. The van der Waals surface area contributed by atoms with Gasteiger partial charge < -0.3 is 14.6 Å². The Kier molecular flexibility index (Phi) is 8.46. The molecule has 0 saturated carbocycles. The molecule has 1 N–H and O–H groups in total. The van der Waals surface area contributed by atoms with Gasteiger partial charge in [0.2, 0.25) is 5.91 Å². The van der Waals surface area contributed by atoms with Gasteiger partial charge in [0.1, 0.15) is 11.6 Å². The minimum Gasteiger partial charge on any atom is -0.441 e. The molecule has 1 saturated heterocycles. The smallest absolute Gasteiger partial charge is 0.223 e. The maximum absolute atomic E-state index is 13.8. The maximum Gasteiger partial charge on any atom is 0.223 e. The molecule has 1 aromatic heterocycles. The maximum atomic E-state index is 13.8. The molecule has 1 aliphatic heterocycles. The van der Waals surface area contributed by atoms with E-state index in [9.17, 15) is 13.6 Å². The Morgan fingerprint density at radius 1 is 1.38 bits per heavy atom. The van der Waals surface area contributed by atoms with Crippen molar-refractivity contribution in [2.75, 3.05) is 19.6 Å². The summed E-state index contributed by atoms with van der Waals surface area (Å²) in [5, 5.41) is 3.24. The highest BCUT2D eigenvalue weighted by atomic mass is 35.5. The van der Waals surface area contributed by atoms with Gasteiger partial charge in [-0.15, -0.1) is 24.8 Å². The van der Waals surface area contributed by atoms with Crippen LogP contribution in [0.4, 0.5) is 8.78 Å². The zero-order valence-corrected chi connectivity index (χ0v) is 15.8. The number of halogens is 4. The van der Waals surface area contributed by atoms with Crippen molar-refractivity contribution in [3.05, 3.63) is 41.9 Å². The quantitative estimate of drug-likeness (QED) is 0.844. The molecule has 3 rings (SSSR count). The van der Waals surface area contributed by atoms with E-state index < -0.39 is 11.6 Å². The minimum atomic E-state index is -0.705. The lowest BCUT2D eigenvalue weighted by atomic mass is 10.2. The number of nitrogens with one attached hydrogen (secondary N) is 1. The monoisotopic (exact) mass is 407 g/mol. The lowest BCUT2D eigenvalue weighted by Gasteiger charge is -2.34. The summed E-state index contributed by atoms with van der Waals surface area (Å²) in [4.78, 5) is 18.2. The van der Waals surface area contributed by atoms with Gasteiger partial charge in [0.25, 0.3) is 0 Å². The van der Waals surface area contributed by atoms with Crippen molar-refractivity contribution in [1.82, 2.24) is 15.2 Å². The van der Waals surface area contributed by atoms with Crippen LogP contribution in [0.2, 0.25) is 0 Å². The molecule has 9 heteroatoms. The summed E-state index contributed by atoms with van der Waals surface area (Å²) in [6, 6.07) is 3.44. The number of piperazine rings is 1. The summed E-state index contributed by atoms with van der Waals surface area (Å²) in [5.74, 6) is -0.706. The summed E-state index contributed by atoms with van der Waals surface area (Å²) >= 11 is 0. The number of rotatable bonds is 4. The molecule has 0 spiro atoms. The van der Waals surface area contributed by atoms with Crippen LogP contribution in [0, 0.1) is 11.6 Å². The Balaban J connectivity index is 0.00000169. The van der Waals surface area contributed by atoms with Crippen molar-refractivity contribution >= 4 is 30.7 Å². The van der Waals surface area contributed by atoms with Crippen molar-refractivity contribution < 1.29 is 18.0 Å². The van der Waals surface area contributed by atoms with Crippen molar-refractivity contribution in [3.8, 4) is 11.3 Å². The number of aromatic nitrogens is 1. The van der Waals surface area contributed by atoms with E-state index in [1.165, 1.54) is 12.3 Å². The summed E-state index contributed by atoms with van der Waals surface area (Å²) in [6.07, 6.45) is 2.03. The first kappa shape index (κ1) is 22.3. The van der Waals surface area contributed by atoms with Gasteiger partial charge >= 0.3 is 0 Å². The molecule has 5 nitrogen and oxygen atoms in total. The number of nitrogens with zero attached hydrogens (tertiary/aromatic N) is 2. The van der Waals surface area contributed by atoms with E-state index in [4.69, 9.17) is 4.42 Å². The van der Waals surface area contributed by atoms with E-state index in [-0.39, 0.29) is 54.5 Å². The second-order valence-electron chi connectivity index (χ2n) is 5.88. The summed E-state index contributed by atoms with van der Waals surface area (Å²) in [7, 11) is 0. The van der Waals surface area contributed by atoms with Crippen LogP contribution in [0.1, 0.15) is 19.2 Å². The SMILES string of the molecule is CC1CNCCN1C(=O)CCc1ncc(-c2ccc(F)cc2F)o1.Cl.Cl. The predicted molar refractivity (Wildman–Crippen MR) is 98.7 cm³/mol. The number of aryl methyl sites for hydroxylation is 1. The van der Waals surface area contributed by atoms with Crippen LogP contribution in [0.15, 0.2) is 28.8 Å². The molecular weight excluding hydrogens is 387 g/mol. The predicted octanol–water partition coefficient (Wildman–Crippen LogP) is 3.22. The van der Waals surface area contributed by atoms with E-state index in [0.717, 1.165) is 25.2 Å². The van der Waals surface area contributed by atoms with Gasteiger partial charge in [0.05, 0.1) is 11.8 Å². The summed E-state index contributed by atoms with van der Waals surface area (Å²) in [6.45, 7) is 4.28. The third kappa shape index (κ3) is 5.16. The van der Waals surface area contributed by atoms with Crippen molar-refractivity contribution in [3.63, 3.8) is 0 Å². The fraction of sp³-hybridized carbons (Fsp3) is 0.412. The Hall–Kier alpha value is -1.70. The largest absolute Gasteiger partial charge is 0.441 e. The van der Waals surface area contributed by atoms with E-state index >= 15 is 0 Å². The van der Waals surface area contributed by atoms with E-state index in [2.05, 4.69) is 10.3 Å².